The molecule has 0 bridgehead atoms. The van der Waals surface area contributed by atoms with E-state index in [1.54, 1.807) is 0 Å². The first kappa shape index (κ1) is 17.3. The van der Waals surface area contributed by atoms with E-state index in [0.29, 0.717) is 19.8 Å². The molecule has 0 aliphatic heterocycles. The average molecular weight is 303 g/mol. The van der Waals surface area contributed by atoms with Crippen molar-refractivity contribution in [3.05, 3.63) is 33.9 Å². The van der Waals surface area contributed by atoms with E-state index in [0.717, 1.165) is 12.6 Å². The number of anilines is 1. The average Bonchev–Trinajstić information content (AvgIpc) is 2.42. The Labute approximate surface area is 121 Å². The summed E-state index contributed by atoms with van der Waals surface area (Å²) >= 11 is 0. The van der Waals surface area contributed by atoms with Gasteiger partial charge in [-0.05, 0) is 20.2 Å². The maximum Gasteiger partial charge on any atom is 0.270 e. The van der Waals surface area contributed by atoms with E-state index in [-0.39, 0.29) is 16.9 Å². The molecule has 0 spiro atoms. The van der Waals surface area contributed by atoms with Gasteiger partial charge in [-0.3, -0.25) is 10.1 Å². The van der Waals surface area contributed by atoms with Crippen molar-refractivity contribution in [1.82, 2.24) is 4.90 Å². The predicted octanol–water partition coefficient (Wildman–Crippen LogP) is 2.52. The number of likely N-dealkylation sites (N-methyl/N-ethyl adjacent to an activating group) is 1. The third-order valence-electron chi connectivity index (χ3n) is 2.73. The molecule has 0 aromatic heterocycles. The zero-order chi connectivity index (χ0) is 15.8. The van der Waals surface area contributed by atoms with E-state index < -0.39 is 11.3 Å². The molecular weight excluding hydrogens is 284 g/mol. The molecule has 0 amide bonds. The lowest BCUT2D eigenvalue weighted by molar-refractivity contribution is -0.385. The molecule has 6 nitrogen and oxygen atoms in total. The van der Waals surface area contributed by atoms with Gasteiger partial charge in [0.25, 0.3) is 12.1 Å². The third kappa shape index (κ3) is 6.01. The van der Waals surface area contributed by atoms with Crippen molar-refractivity contribution < 1.29 is 18.4 Å². The number of nitro benzene ring substituents is 1. The third-order valence-corrected chi connectivity index (χ3v) is 2.73. The summed E-state index contributed by atoms with van der Waals surface area (Å²) in [5, 5.41) is 13.4. The largest absolute Gasteiger partial charge is 0.382 e. The summed E-state index contributed by atoms with van der Waals surface area (Å²) in [4.78, 5) is 11.9. The van der Waals surface area contributed by atoms with Crippen molar-refractivity contribution in [2.75, 3.05) is 45.7 Å². The van der Waals surface area contributed by atoms with Crippen LogP contribution in [0.1, 0.15) is 12.0 Å². The van der Waals surface area contributed by atoms with Crippen molar-refractivity contribution in [2.45, 2.75) is 6.43 Å². The topological polar surface area (TPSA) is 67.6 Å². The lowest BCUT2D eigenvalue weighted by Crippen LogP contribution is -2.20. The highest BCUT2D eigenvalue weighted by Crippen LogP contribution is 2.30. The van der Waals surface area contributed by atoms with Crippen LogP contribution in [0.2, 0.25) is 0 Å². The number of nitrogens with one attached hydrogen (secondary N) is 1. The normalized spacial score (nSPS) is 11.1. The quantitative estimate of drug-likeness (QED) is 0.431. The Morgan fingerprint density at radius 3 is 2.67 bits per heavy atom. The Hall–Kier alpha value is -1.80. The number of rotatable bonds is 9. The van der Waals surface area contributed by atoms with Gasteiger partial charge in [-0.2, -0.15) is 0 Å². The maximum absolute atomic E-state index is 12.9. The van der Waals surface area contributed by atoms with Crippen LogP contribution >= 0.6 is 0 Å². The standard InChI is InChI=1S/C13H19F2N3O3/c1-17(2)6-8-21-7-5-16-12-4-3-10(18(19)20)9-11(12)13(14)15/h3-4,9,13,16H,5-8H2,1-2H3. The summed E-state index contributed by atoms with van der Waals surface area (Å²) in [7, 11) is 3.85. The van der Waals surface area contributed by atoms with E-state index in [2.05, 4.69) is 5.32 Å². The minimum absolute atomic E-state index is 0.187. The zero-order valence-electron chi connectivity index (χ0n) is 12.0. The molecule has 1 aromatic carbocycles. The summed E-state index contributed by atoms with van der Waals surface area (Å²) in [6, 6.07) is 3.38. The highest BCUT2D eigenvalue weighted by Gasteiger charge is 2.17. The van der Waals surface area contributed by atoms with Gasteiger partial charge in [0.05, 0.1) is 18.1 Å². The van der Waals surface area contributed by atoms with E-state index in [1.165, 1.54) is 12.1 Å². The number of ether oxygens (including phenoxy) is 1. The molecule has 0 heterocycles. The van der Waals surface area contributed by atoms with E-state index in [1.807, 2.05) is 19.0 Å². The Balaban J connectivity index is 2.52. The summed E-state index contributed by atoms with van der Waals surface area (Å²) in [5.41, 5.74) is -0.539. The van der Waals surface area contributed by atoms with E-state index >= 15 is 0 Å². The van der Waals surface area contributed by atoms with Crippen LogP contribution in [0.4, 0.5) is 20.2 Å². The molecule has 1 rings (SSSR count). The van der Waals surface area contributed by atoms with Crippen LogP contribution < -0.4 is 5.32 Å². The molecule has 0 aliphatic carbocycles. The number of nitrogens with zero attached hydrogens (tertiary/aromatic N) is 2. The number of non-ortho nitro benzene ring substituents is 1. The number of alkyl halides is 2. The van der Waals surface area contributed by atoms with Crippen LogP contribution in [0.5, 0.6) is 0 Å². The Morgan fingerprint density at radius 1 is 1.38 bits per heavy atom. The highest BCUT2D eigenvalue weighted by molar-refractivity contribution is 5.56. The molecule has 0 saturated heterocycles. The van der Waals surface area contributed by atoms with Gasteiger partial charge >= 0.3 is 0 Å². The SMILES string of the molecule is CN(C)CCOCCNc1ccc([N+](=O)[O-])cc1C(F)F. The molecular formula is C13H19F2N3O3. The molecule has 21 heavy (non-hydrogen) atoms. The smallest absolute Gasteiger partial charge is 0.270 e. The number of halogens is 2. The molecule has 8 heteroatoms. The monoisotopic (exact) mass is 303 g/mol. The fraction of sp³-hybridized carbons (Fsp3) is 0.538. The first-order valence-corrected chi connectivity index (χ1v) is 6.44. The van der Waals surface area contributed by atoms with Gasteiger partial charge in [-0.1, -0.05) is 0 Å². The Bertz CT molecular complexity index is 470. The summed E-state index contributed by atoms with van der Waals surface area (Å²) in [6.45, 7) is 2.05. The molecule has 0 fully saturated rings. The van der Waals surface area contributed by atoms with Gasteiger partial charge in [0.2, 0.25) is 0 Å². The molecule has 0 aliphatic rings. The van der Waals surface area contributed by atoms with Gasteiger partial charge in [0.15, 0.2) is 0 Å². The second-order valence-electron chi connectivity index (χ2n) is 4.67. The lowest BCUT2D eigenvalue weighted by Gasteiger charge is -2.13. The fourth-order valence-electron chi connectivity index (χ4n) is 1.61. The van der Waals surface area contributed by atoms with Crippen molar-refractivity contribution in [3.63, 3.8) is 0 Å². The Kier molecular flexibility index (Phi) is 6.97. The summed E-state index contributed by atoms with van der Waals surface area (Å²) < 4.78 is 31.1. The van der Waals surface area contributed by atoms with Gasteiger partial charge < -0.3 is 15.0 Å². The first-order chi connectivity index (χ1) is 9.91. The molecule has 118 valence electrons. The number of benzene rings is 1. The van der Waals surface area contributed by atoms with Crippen LogP contribution in [0.25, 0.3) is 0 Å². The molecule has 1 N–H and O–H groups in total. The molecule has 0 atom stereocenters. The van der Waals surface area contributed by atoms with Crippen LogP contribution in [-0.4, -0.2) is 50.2 Å². The van der Waals surface area contributed by atoms with Crippen molar-refractivity contribution >= 4 is 11.4 Å². The minimum Gasteiger partial charge on any atom is -0.382 e. The first-order valence-electron chi connectivity index (χ1n) is 6.44. The fourth-order valence-corrected chi connectivity index (χ4v) is 1.61. The summed E-state index contributed by atoms with van der Waals surface area (Å²) in [5.74, 6) is 0. The van der Waals surface area contributed by atoms with Crippen LogP contribution in [0.15, 0.2) is 18.2 Å². The highest BCUT2D eigenvalue weighted by atomic mass is 19.3. The maximum atomic E-state index is 12.9. The molecule has 0 saturated carbocycles. The second kappa shape index (κ2) is 8.48. The summed E-state index contributed by atoms with van der Waals surface area (Å²) in [6.07, 6.45) is -2.78. The molecule has 1 aromatic rings. The van der Waals surface area contributed by atoms with Crippen molar-refractivity contribution in [3.8, 4) is 0 Å². The number of hydrogen-bond acceptors (Lipinski definition) is 5. The van der Waals surface area contributed by atoms with E-state index in [9.17, 15) is 18.9 Å². The van der Waals surface area contributed by atoms with Gasteiger partial charge in [-0.25, -0.2) is 8.78 Å². The van der Waals surface area contributed by atoms with Crippen LogP contribution in [-0.2, 0) is 4.74 Å². The van der Waals surface area contributed by atoms with Crippen LogP contribution in [0, 0.1) is 10.1 Å². The van der Waals surface area contributed by atoms with E-state index in [4.69, 9.17) is 4.74 Å². The lowest BCUT2D eigenvalue weighted by atomic mass is 10.1. The van der Waals surface area contributed by atoms with Gasteiger partial charge in [0.1, 0.15) is 0 Å². The van der Waals surface area contributed by atoms with Gasteiger partial charge in [-0.15, -0.1) is 0 Å². The van der Waals surface area contributed by atoms with Gasteiger partial charge in [0, 0.05) is 36.5 Å². The Morgan fingerprint density at radius 2 is 2.10 bits per heavy atom. The minimum atomic E-state index is -2.78. The van der Waals surface area contributed by atoms with Crippen molar-refractivity contribution in [1.29, 1.82) is 0 Å². The second-order valence-corrected chi connectivity index (χ2v) is 4.67. The number of nitro groups is 1. The predicted molar refractivity (Wildman–Crippen MR) is 75.9 cm³/mol. The number of hydrogen-bond donors (Lipinski definition) is 1. The van der Waals surface area contributed by atoms with Crippen LogP contribution in [0.3, 0.4) is 0 Å². The molecule has 0 radical (unpaired) electrons. The van der Waals surface area contributed by atoms with Crippen molar-refractivity contribution in [2.24, 2.45) is 0 Å². The zero-order valence-corrected chi connectivity index (χ0v) is 12.0. The molecule has 0 unspecified atom stereocenters.